The molecule has 0 atom stereocenters. The van der Waals surface area contributed by atoms with Crippen molar-refractivity contribution in [3.05, 3.63) is 59.6 Å². The number of carbonyl (C=O) groups excluding carboxylic acids is 1. The van der Waals surface area contributed by atoms with E-state index in [2.05, 4.69) is 53.4 Å². The van der Waals surface area contributed by atoms with E-state index in [1.54, 1.807) is 6.20 Å². The normalized spacial score (nSPS) is 11.0. The second kappa shape index (κ2) is 8.76. The highest BCUT2D eigenvalue weighted by Gasteiger charge is 2.11. The molecule has 1 amide bonds. The zero-order valence-corrected chi connectivity index (χ0v) is 16.0. The standard InChI is InChI=1S/C20H24N4OS/c1-15(2)16-5-7-17(8-6-16)20-23-18(13-26-20)19(25)22-9-3-4-11-24-12-10-21-14-24/h5-8,10,12-15H,3-4,9,11H2,1-2H3,(H,22,25). The quantitative estimate of drug-likeness (QED) is 0.602. The molecule has 0 radical (unpaired) electrons. The maximum atomic E-state index is 12.2. The van der Waals surface area contributed by atoms with Crippen LogP contribution >= 0.6 is 11.3 Å². The maximum absolute atomic E-state index is 12.2. The minimum Gasteiger partial charge on any atom is -0.351 e. The van der Waals surface area contributed by atoms with Crippen LogP contribution in [0.3, 0.4) is 0 Å². The monoisotopic (exact) mass is 368 g/mol. The number of carbonyl (C=O) groups is 1. The largest absolute Gasteiger partial charge is 0.351 e. The average Bonchev–Trinajstić information content (AvgIpc) is 3.33. The van der Waals surface area contributed by atoms with Gasteiger partial charge in [0.25, 0.3) is 5.91 Å². The first-order chi connectivity index (χ1) is 12.6. The third kappa shape index (κ3) is 4.79. The van der Waals surface area contributed by atoms with Crippen LogP contribution in [-0.4, -0.2) is 27.0 Å². The van der Waals surface area contributed by atoms with Crippen molar-refractivity contribution in [3.8, 4) is 10.6 Å². The van der Waals surface area contributed by atoms with E-state index in [-0.39, 0.29) is 5.91 Å². The van der Waals surface area contributed by atoms with Gasteiger partial charge in [-0.25, -0.2) is 9.97 Å². The summed E-state index contributed by atoms with van der Waals surface area (Å²) in [5.41, 5.74) is 2.85. The fourth-order valence-electron chi connectivity index (χ4n) is 2.65. The molecule has 5 nitrogen and oxygen atoms in total. The summed E-state index contributed by atoms with van der Waals surface area (Å²) in [5.74, 6) is 0.407. The fourth-order valence-corrected chi connectivity index (χ4v) is 3.46. The van der Waals surface area contributed by atoms with E-state index in [1.807, 2.05) is 22.5 Å². The first-order valence-electron chi connectivity index (χ1n) is 8.93. The van der Waals surface area contributed by atoms with Gasteiger partial charge in [-0.15, -0.1) is 11.3 Å². The SMILES string of the molecule is CC(C)c1ccc(-c2nc(C(=O)NCCCCn3ccnc3)cs2)cc1. The Morgan fingerprint density at radius 1 is 1.23 bits per heavy atom. The van der Waals surface area contributed by atoms with Crippen molar-refractivity contribution in [2.75, 3.05) is 6.54 Å². The molecule has 0 aliphatic carbocycles. The molecule has 2 heterocycles. The van der Waals surface area contributed by atoms with Gasteiger partial charge in [-0.1, -0.05) is 38.1 Å². The van der Waals surface area contributed by atoms with Gasteiger partial charge in [0.05, 0.1) is 6.33 Å². The van der Waals surface area contributed by atoms with Gasteiger partial charge in [0.1, 0.15) is 10.7 Å². The highest BCUT2D eigenvalue weighted by Crippen LogP contribution is 2.25. The number of aromatic nitrogens is 3. The van der Waals surface area contributed by atoms with Crippen LogP contribution in [0.1, 0.15) is 48.7 Å². The van der Waals surface area contributed by atoms with Gasteiger partial charge in [-0.05, 0) is 24.3 Å². The summed E-state index contributed by atoms with van der Waals surface area (Å²) in [6.45, 7) is 5.93. The van der Waals surface area contributed by atoms with E-state index in [9.17, 15) is 4.79 Å². The molecule has 0 fully saturated rings. The van der Waals surface area contributed by atoms with Crippen molar-refractivity contribution in [3.63, 3.8) is 0 Å². The number of nitrogens with one attached hydrogen (secondary N) is 1. The lowest BCUT2D eigenvalue weighted by atomic mass is 10.0. The summed E-state index contributed by atoms with van der Waals surface area (Å²) < 4.78 is 2.04. The van der Waals surface area contributed by atoms with E-state index < -0.39 is 0 Å². The number of nitrogens with zero attached hydrogens (tertiary/aromatic N) is 3. The number of hydrogen-bond donors (Lipinski definition) is 1. The van der Waals surface area contributed by atoms with Gasteiger partial charge in [-0.3, -0.25) is 4.79 Å². The molecule has 0 aliphatic heterocycles. The summed E-state index contributed by atoms with van der Waals surface area (Å²) >= 11 is 1.50. The van der Waals surface area contributed by atoms with Crippen molar-refractivity contribution < 1.29 is 4.79 Å². The van der Waals surface area contributed by atoms with E-state index in [0.717, 1.165) is 30.0 Å². The van der Waals surface area contributed by atoms with Crippen LogP contribution in [-0.2, 0) is 6.54 Å². The predicted molar refractivity (Wildman–Crippen MR) is 105 cm³/mol. The van der Waals surface area contributed by atoms with Crippen LogP contribution in [0, 0.1) is 0 Å². The van der Waals surface area contributed by atoms with Crippen molar-refractivity contribution in [2.24, 2.45) is 0 Å². The molecule has 1 N–H and O–H groups in total. The first-order valence-corrected chi connectivity index (χ1v) is 9.81. The Hall–Kier alpha value is -2.47. The number of unbranched alkanes of at least 4 members (excludes halogenated alkanes) is 1. The van der Waals surface area contributed by atoms with Gasteiger partial charge >= 0.3 is 0 Å². The molecule has 1 aromatic carbocycles. The number of benzene rings is 1. The molecule has 0 aliphatic rings. The fraction of sp³-hybridized carbons (Fsp3) is 0.350. The lowest BCUT2D eigenvalue weighted by Gasteiger charge is -2.05. The number of amides is 1. The van der Waals surface area contributed by atoms with E-state index in [1.165, 1.54) is 16.9 Å². The topological polar surface area (TPSA) is 59.8 Å². The van der Waals surface area contributed by atoms with Crippen LogP contribution in [0.5, 0.6) is 0 Å². The number of thiazole rings is 1. The summed E-state index contributed by atoms with van der Waals surface area (Å²) in [4.78, 5) is 20.7. The number of imidazole rings is 1. The van der Waals surface area contributed by atoms with Crippen LogP contribution in [0.15, 0.2) is 48.4 Å². The molecule has 0 spiro atoms. The summed E-state index contributed by atoms with van der Waals surface area (Å²) in [6, 6.07) is 8.40. The van der Waals surface area contributed by atoms with Gasteiger partial charge in [0.15, 0.2) is 0 Å². The second-order valence-electron chi connectivity index (χ2n) is 6.58. The van der Waals surface area contributed by atoms with Gasteiger partial charge in [0.2, 0.25) is 0 Å². The Kier molecular flexibility index (Phi) is 6.17. The third-order valence-corrected chi connectivity index (χ3v) is 5.14. The second-order valence-corrected chi connectivity index (χ2v) is 7.44. The predicted octanol–water partition coefficient (Wildman–Crippen LogP) is 4.34. The molecular formula is C20H24N4OS. The highest BCUT2D eigenvalue weighted by molar-refractivity contribution is 7.13. The van der Waals surface area contributed by atoms with Crippen molar-refractivity contribution >= 4 is 17.2 Å². The molecule has 3 rings (SSSR count). The van der Waals surface area contributed by atoms with Crippen molar-refractivity contribution in [1.29, 1.82) is 0 Å². The molecule has 136 valence electrons. The minimum atomic E-state index is -0.103. The summed E-state index contributed by atoms with van der Waals surface area (Å²) in [5, 5.41) is 5.65. The zero-order chi connectivity index (χ0) is 18.4. The Morgan fingerprint density at radius 2 is 2.04 bits per heavy atom. The van der Waals surface area contributed by atoms with Gasteiger partial charge in [0, 0.05) is 36.4 Å². The van der Waals surface area contributed by atoms with Crippen molar-refractivity contribution in [2.45, 2.75) is 39.2 Å². The lowest BCUT2D eigenvalue weighted by molar-refractivity contribution is 0.0948. The number of aryl methyl sites for hydroxylation is 1. The molecular weight excluding hydrogens is 344 g/mol. The van der Waals surface area contributed by atoms with Gasteiger partial charge in [-0.2, -0.15) is 0 Å². The average molecular weight is 369 g/mol. The van der Waals surface area contributed by atoms with Crippen LogP contribution in [0.4, 0.5) is 0 Å². The lowest BCUT2D eigenvalue weighted by Crippen LogP contribution is -2.24. The Labute approximate surface area is 158 Å². The van der Waals surface area contributed by atoms with E-state index >= 15 is 0 Å². The Morgan fingerprint density at radius 3 is 2.73 bits per heavy atom. The highest BCUT2D eigenvalue weighted by atomic mass is 32.1. The summed E-state index contributed by atoms with van der Waals surface area (Å²) in [6.07, 6.45) is 7.46. The molecule has 0 bridgehead atoms. The zero-order valence-electron chi connectivity index (χ0n) is 15.2. The Bertz CT molecular complexity index is 822. The van der Waals surface area contributed by atoms with Crippen LogP contribution in [0.25, 0.3) is 10.6 Å². The molecule has 6 heteroatoms. The van der Waals surface area contributed by atoms with E-state index in [0.29, 0.717) is 18.2 Å². The van der Waals surface area contributed by atoms with Crippen LogP contribution in [0.2, 0.25) is 0 Å². The smallest absolute Gasteiger partial charge is 0.270 e. The molecule has 26 heavy (non-hydrogen) atoms. The molecule has 0 saturated carbocycles. The van der Waals surface area contributed by atoms with Gasteiger partial charge < -0.3 is 9.88 Å². The summed E-state index contributed by atoms with van der Waals surface area (Å²) in [7, 11) is 0. The molecule has 0 unspecified atom stereocenters. The van der Waals surface area contributed by atoms with Crippen LogP contribution < -0.4 is 5.32 Å². The molecule has 2 aromatic heterocycles. The molecule has 0 saturated heterocycles. The first kappa shape index (κ1) is 18.3. The number of hydrogen-bond acceptors (Lipinski definition) is 4. The number of rotatable bonds is 8. The molecule has 3 aromatic rings. The minimum absolute atomic E-state index is 0.103. The van der Waals surface area contributed by atoms with Crippen molar-refractivity contribution in [1.82, 2.24) is 19.9 Å². The Balaban J connectivity index is 1.48. The third-order valence-electron chi connectivity index (χ3n) is 4.25. The maximum Gasteiger partial charge on any atom is 0.270 e. The van der Waals surface area contributed by atoms with E-state index in [4.69, 9.17) is 0 Å².